The van der Waals surface area contributed by atoms with Crippen LogP contribution in [0, 0.1) is 0 Å². The number of likely N-dealkylation sites (tertiary alicyclic amines) is 1. The Morgan fingerprint density at radius 3 is 2.71 bits per heavy atom. The van der Waals surface area contributed by atoms with Gasteiger partial charge in [-0.3, -0.25) is 4.90 Å². The van der Waals surface area contributed by atoms with Crippen LogP contribution in [0.25, 0.3) is 5.69 Å². The van der Waals surface area contributed by atoms with E-state index in [1.54, 1.807) is 6.92 Å². The first kappa shape index (κ1) is 13.7. The number of carbonyl (C=O) groups is 1. The Morgan fingerprint density at radius 1 is 1.33 bits per heavy atom. The van der Waals surface area contributed by atoms with Gasteiger partial charge in [-0.15, -0.1) is 5.10 Å². The summed E-state index contributed by atoms with van der Waals surface area (Å²) in [7, 11) is 0. The number of hydrogen-bond acceptors (Lipinski definition) is 5. The van der Waals surface area contributed by atoms with Gasteiger partial charge in [0.2, 0.25) is 0 Å². The summed E-state index contributed by atoms with van der Waals surface area (Å²) in [6.07, 6.45) is 3.57. The SMILES string of the molecule is CC(C(=O)O)(c1cccc(-n2cnnn2)c1)N1CCCC1. The Labute approximate surface area is 122 Å². The lowest BCUT2D eigenvalue weighted by atomic mass is 9.90. The quantitative estimate of drug-likeness (QED) is 0.905. The average molecular weight is 287 g/mol. The van der Waals surface area contributed by atoms with E-state index in [1.165, 1.54) is 11.0 Å². The molecule has 0 amide bonds. The van der Waals surface area contributed by atoms with Gasteiger partial charge in [-0.2, -0.15) is 0 Å². The number of carboxylic acids is 1. The maximum atomic E-state index is 11.9. The van der Waals surface area contributed by atoms with Gasteiger partial charge in [-0.1, -0.05) is 12.1 Å². The molecule has 1 saturated heterocycles. The van der Waals surface area contributed by atoms with Crippen molar-refractivity contribution in [3.63, 3.8) is 0 Å². The first-order valence-corrected chi connectivity index (χ1v) is 6.95. The van der Waals surface area contributed by atoms with Gasteiger partial charge in [0.1, 0.15) is 11.9 Å². The van der Waals surface area contributed by atoms with Crippen molar-refractivity contribution in [2.45, 2.75) is 25.3 Å². The van der Waals surface area contributed by atoms with Gasteiger partial charge in [0.25, 0.3) is 0 Å². The fraction of sp³-hybridized carbons (Fsp3) is 0.429. The molecule has 1 unspecified atom stereocenters. The van der Waals surface area contributed by atoms with Gasteiger partial charge in [0.05, 0.1) is 5.69 Å². The number of aliphatic carboxylic acids is 1. The number of aromatic nitrogens is 4. The van der Waals surface area contributed by atoms with Crippen LogP contribution in [-0.4, -0.2) is 49.3 Å². The highest BCUT2D eigenvalue weighted by atomic mass is 16.4. The molecule has 1 atom stereocenters. The molecule has 3 rings (SSSR count). The molecule has 2 aromatic rings. The molecule has 1 N–H and O–H groups in total. The van der Waals surface area contributed by atoms with E-state index < -0.39 is 11.5 Å². The van der Waals surface area contributed by atoms with Crippen LogP contribution in [0.3, 0.4) is 0 Å². The molecule has 0 bridgehead atoms. The van der Waals surface area contributed by atoms with E-state index >= 15 is 0 Å². The summed E-state index contributed by atoms with van der Waals surface area (Å²) in [5, 5.41) is 20.8. The molecule has 1 aromatic heterocycles. The lowest BCUT2D eigenvalue weighted by Crippen LogP contribution is -2.48. The smallest absolute Gasteiger partial charge is 0.328 e. The largest absolute Gasteiger partial charge is 0.480 e. The summed E-state index contributed by atoms with van der Waals surface area (Å²) < 4.78 is 1.52. The normalized spacial score (nSPS) is 18.5. The number of nitrogens with zero attached hydrogens (tertiary/aromatic N) is 5. The van der Waals surface area contributed by atoms with E-state index in [9.17, 15) is 9.90 Å². The standard InChI is InChI=1S/C14H17N5O2/c1-14(13(20)21,18-7-2-3-8-18)11-5-4-6-12(9-11)19-10-15-16-17-19/h4-6,9-10H,2-3,7-8H2,1H3,(H,20,21). The number of tetrazole rings is 1. The summed E-state index contributed by atoms with van der Waals surface area (Å²) in [5.74, 6) is -0.835. The third kappa shape index (κ3) is 2.29. The van der Waals surface area contributed by atoms with E-state index in [-0.39, 0.29) is 0 Å². The van der Waals surface area contributed by atoms with Crippen LogP contribution < -0.4 is 0 Å². The highest BCUT2D eigenvalue weighted by Crippen LogP contribution is 2.32. The van der Waals surface area contributed by atoms with Crippen molar-refractivity contribution in [1.82, 2.24) is 25.1 Å². The zero-order valence-electron chi connectivity index (χ0n) is 11.8. The second kappa shape index (κ2) is 5.25. The molecule has 21 heavy (non-hydrogen) atoms. The fourth-order valence-electron chi connectivity index (χ4n) is 2.84. The second-order valence-electron chi connectivity index (χ2n) is 5.38. The van der Waals surface area contributed by atoms with Crippen LogP contribution in [0.5, 0.6) is 0 Å². The van der Waals surface area contributed by atoms with Crippen LogP contribution in [0.15, 0.2) is 30.6 Å². The van der Waals surface area contributed by atoms with Crippen molar-refractivity contribution in [2.24, 2.45) is 0 Å². The summed E-state index contributed by atoms with van der Waals surface area (Å²) in [6, 6.07) is 7.37. The van der Waals surface area contributed by atoms with Gasteiger partial charge in [-0.05, 0) is 61.0 Å². The van der Waals surface area contributed by atoms with Crippen molar-refractivity contribution in [3.8, 4) is 5.69 Å². The minimum atomic E-state index is -1.03. The van der Waals surface area contributed by atoms with Crippen LogP contribution in [0.2, 0.25) is 0 Å². The van der Waals surface area contributed by atoms with Crippen LogP contribution in [0.4, 0.5) is 0 Å². The molecule has 1 fully saturated rings. The third-order valence-corrected chi connectivity index (χ3v) is 4.18. The van der Waals surface area contributed by atoms with Crippen molar-refractivity contribution in [1.29, 1.82) is 0 Å². The molecule has 0 saturated carbocycles. The Hall–Kier alpha value is -2.28. The van der Waals surface area contributed by atoms with Crippen LogP contribution in [-0.2, 0) is 10.3 Å². The predicted molar refractivity (Wildman–Crippen MR) is 74.9 cm³/mol. The maximum absolute atomic E-state index is 11.9. The van der Waals surface area contributed by atoms with Crippen molar-refractivity contribution in [3.05, 3.63) is 36.2 Å². The molecule has 0 radical (unpaired) electrons. The Morgan fingerprint density at radius 2 is 2.10 bits per heavy atom. The Bertz CT molecular complexity index is 637. The molecule has 7 nitrogen and oxygen atoms in total. The average Bonchev–Trinajstić information content (AvgIpc) is 3.19. The van der Waals surface area contributed by atoms with E-state index in [0.29, 0.717) is 0 Å². The lowest BCUT2D eigenvalue weighted by Gasteiger charge is -2.35. The Kier molecular flexibility index (Phi) is 3.42. The van der Waals surface area contributed by atoms with Gasteiger partial charge in [0.15, 0.2) is 0 Å². The number of benzene rings is 1. The highest BCUT2D eigenvalue weighted by Gasteiger charge is 2.42. The molecule has 1 aromatic carbocycles. The van der Waals surface area contributed by atoms with Crippen LogP contribution in [0.1, 0.15) is 25.3 Å². The Balaban J connectivity index is 2.04. The van der Waals surface area contributed by atoms with E-state index in [0.717, 1.165) is 37.2 Å². The number of carboxylic acid groups (broad SMARTS) is 1. The van der Waals surface area contributed by atoms with E-state index in [1.807, 2.05) is 29.2 Å². The molecular weight excluding hydrogens is 270 g/mol. The van der Waals surface area contributed by atoms with E-state index in [4.69, 9.17) is 0 Å². The summed E-state index contributed by atoms with van der Waals surface area (Å²) in [6.45, 7) is 3.37. The zero-order chi connectivity index (χ0) is 14.9. The lowest BCUT2D eigenvalue weighted by molar-refractivity contribution is -0.150. The predicted octanol–water partition coefficient (Wildman–Crippen LogP) is 1.06. The van der Waals surface area contributed by atoms with E-state index in [2.05, 4.69) is 15.5 Å². The van der Waals surface area contributed by atoms with Crippen molar-refractivity contribution >= 4 is 5.97 Å². The zero-order valence-corrected chi connectivity index (χ0v) is 11.8. The first-order valence-electron chi connectivity index (χ1n) is 6.95. The molecule has 110 valence electrons. The molecule has 0 spiro atoms. The minimum absolute atomic E-state index is 0.741. The minimum Gasteiger partial charge on any atom is -0.480 e. The van der Waals surface area contributed by atoms with Crippen LogP contribution >= 0.6 is 0 Å². The van der Waals surface area contributed by atoms with Gasteiger partial charge in [-0.25, -0.2) is 9.48 Å². The molecule has 1 aliphatic rings. The summed E-state index contributed by atoms with van der Waals surface area (Å²) in [4.78, 5) is 13.9. The summed E-state index contributed by atoms with van der Waals surface area (Å²) in [5.41, 5.74) is 0.467. The maximum Gasteiger partial charge on any atom is 0.328 e. The molecular formula is C14H17N5O2. The van der Waals surface area contributed by atoms with Crippen molar-refractivity contribution < 1.29 is 9.90 Å². The first-order chi connectivity index (χ1) is 10.1. The third-order valence-electron chi connectivity index (χ3n) is 4.18. The van der Waals surface area contributed by atoms with Gasteiger partial charge >= 0.3 is 5.97 Å². The summed E-state index contributed by atoms with van der Waals surface area (Å²) >= 11 is 0. The molecule has 0 aliphatic carbocycles. The van der Waals surface area contributed by atoms with Gasteiger partial charge in [0, 0.05) is 0 Å². The molecule has 7 heteroatoms. The van der Waals surface area contributed by atoms with Crippen molar-refractivity contribution in [2.75, 3.05) is 13.1 Å². The molecule has 2 heterocycles. The molecule has 1 aliphatic heterocycles. The monoisotopic (exact) mass is 287 g/mol. The number of rotatable bonds is 4. The second-order valence-corrected chi connectivity index (χ2v) is 5.38. The fourth-order valence-corrected chi connectivity index (χ4v) is 2.84. The topological polar surface area (TPSA) is 84.1 Å². The van der Waals surface area contributed by atoms with Gasteiger partial charge < -0.3 is 5.11 Å². The highest BCUT2D eigenvalue weighted by molar-refractivity contribution is 5.80. The number of hydrogen-bond donors (Lipinski definition) is 1.